The van der Waals surface area contributed by atoms with Gasteiger partial charge in [-0.25, -0.2) is 0 Å². The SMILES string of the molecule is COc1cc(C(=O)c2ccc(N)cc2C)c(OC)cc1Br. The molecule has 0 aromatic heterocycles. The number of nitrogens with two attached hydrogens (primary N) is 1. The molecule has 0 saturated carbocycles. The summed E-state index contributed by atoms with van der Waals surface area (Å²) in [5.41, 5.74) is 8.22. The monoisotopic (exact) mass is 349 g/mol. The Hall–Kier alpha value is -2.01. The van der Waals surface area contributed by atoms with Crippen molar-refractivity contribution in [2.75, 3.05) is 20.0 Å². The molecule has 0 amide bonds. The van der Waals surface area contributed by atoms with Crippen molar-refractivity contribution in [3.05, 3.63) is 51.5 Å². The van der Waals surface area contributed by atoms with E-state index in [1.165, 1.54) is 7.11 Å². The molecule has 2 aromatic rings. The summed E-state index contributed by atoms with van der Waals surface area (Å²) in [6, 6.07) is 8.60. The summed E-state index contributed by atoms with van der Waals surface area (Å²) in [7, 11) is 3.08. The third-order valence-electron chi connectivity index (χ3n) is 3.21. The van der Waals surface area contributed by atoms with Crippen LogP contribution in [0.1, 0.15) is 21.5 Å². The van der Waals surface area contributed by atoms with Crippen LogP contribution in [0.5, 0.6) is 11.5 Å². The number of nitrogen functional groups attached to an aromatic ring is 1. The number of carbonyl (C=O) groups excluding carboxylic acids is 1. The first-order valence-electron chi connectivity index (χ1n) is 6.30. The van der Waals surface area contributed by atoms with E-state index in [0.29, 0.717) is 28.3 Å². The second-order valence-corrected chi connectivity index (χ2v) is 5.44. The predicted octanol–water partition coefficient (Wildman–Crippen LogP) is 3.59. The molecule has 0 fully saturated rings. The Morgan fingerprint density at radius 1 is 1.05 bits per heavy atom. The smallest absolute Gasteiger partial charge is 0.197 e. The molecular weight excluding hydrogens is 334 g/mol. The van der Waals surface area contributed by atoms with Crippen LogP contribution in [-0.2, 0) is 0 Å². The topological polar surface area (TPSA) is 61.5 Å². The summed E-state index contributed by atoms with van der Waals surface area (Å²) < 4.78 is 11.3. The van der Waals surface area contributed by atoms with Crippen molar-refractivity contribution >= 4 is 27.4 Å². The average Bonchev–Trinajstić information content (AvgIpc) is 2.46. The van der Waals surface area contributed by atoms with Gasteiger partial charge in [0.1, 0.15) is 11.5 Å². The molecule has 0 aliphatic rings. The van der Waals surface area contributed by atoms with E-state index in [1.54, 1.807) is 37.4 Å². The van der Waals surface area contributed by atoms with Crippen LogP contribution in [0.4, 0.5) is 5.69 Å². The van der Waals surface area contributed by atoms with Crippen molar-refractivity contribution in [2.24, 2.45) is 0 Å². The van der Waals surface area contributed by atoms with Gasteiger partial charge in [0, 0.05) is 11.3 Å². The number of anilines is 1. The van der Waals surface area contributed by atoms with E-state index in [2.05, 4.69) is 15.9 Å². The Bertz CT molecular complexity index is 698. The van der Waals surface area contributed by atoms with Crippen molar-refractivity contribution in [3.8, 4) is 11.5 Å². The fraction of sp³-hybridized carbons (Fsp3) is 0.188. The Morgan fingerprint density at radius 3 is 2.29 bits per heavy atom. The second kappa shape index (κ2) is 6.18. The lowest BCUT2D eigenvalue weighted by atomic mass is 9.98. The number of ether oxygens (including phenoxy) is 2. The van der Waals surface area contributed by atoms with E-state index in [9.17, 15) is 4.79 Å². The van der Waals surface area contributed by atoms with Gasteiger partial charge in [-0.05, 0) is 58.7 Å². The van der Waals surface area contributed by atoms with Crippen LogP contribution in [0.25, 0.3) is 0 Å². The molecule has 5 heteroatoms. The standard InChI is InChI=1S/C16H16BrNO3/c1-9-6-10(18)4-5-11(9)16(19)12-7-15(21-3)13(17)8-14(12)20-2/h4-8H,18H2,1-3H3. The van der Waals surface area contributed by atoms with Crippen molar-refractivity contribution in [1.82, 2.24) is 0 Å². The third kappa shape index (κ3) is 3.03. The van der Waals surface area contributed by atoms with Crippen LogP contribution in [0.15, 0.2) is 34.8 Å². The first kappa shape index (κ1) is 15.4. The van der Waals surface area contributed by atoms with Crippen LogP contribution < -0.4 is 15.2 Å². The van der Waals surface area contributed by atoms with Crippen LogP contribution in [-0.4, -0.2) is 20.0 Å². The molecule has 2 rings (SSSR count). The number of aryl methyl sites for hydroxylation is 1. The number of methoxy groups -OCH3 is 2. The lowest BCUT2D eigenvalue weighted by Gasteiger charge is -2.13. The van der Waals surface area contributed by atoms with E-state index >= 15 is 0 Å². The maximum atomic E-state index is 12.7. The number of rotatable bonds is 4. The van der Waals surface area contributed by atoms with Gasteiger partial charge in [-0.15, -0.1) is 0 Å². The van der Waals surface area contributed by atoms with Gasteiger partial charge in [-0.3, -0.25) is 4.79 Å². The fourth-order valence-corrected chi connectivity index (χ4v) is 2.61. The Morgan fingerprint density at radius 2 is 1.71 bits per heavy atom. The molecule has 0 aliphatic heterocycles. The van der Waals surface area contributed by atoms with Gasteiger partial charge in [-0.2, -0.15) is 0 Å². The summed E-state index contributed by atoms with van der Waals surface area (Å²) in [6.45, 7) is 1.85. The van der Waals surface area contributed by atoms with Crippen molar-refractivity contribution in [3.63, 3.8) is 0 Å². The molecule has 0 unspecified atom stereocenters. The summed E-state index contributed by atoms with van der Waals surface area (Å²) >= 11 is 3.38. The molecule has 4 nitrogen and oxygen atoms in total. The van der Waals surface area contributed by atoms with Gasteiger partial charge in [0.15, 0.2) is 5.78 Å². The van der Waals surface area contributed by atoms with Crippen LogP contribution in [0.3, 0.4) is 0 Å². The highest BCUT2D eigenvalue weighted by Gasteiger charge is 2.19. The van der Waals surface area contributed by atoms with Crippen molar-refractivity contribution < 1.29 is 14.3 Å². The molecule has 2 aromatic carbocycles. The summed E-state index contributed by atoms with van der Waals surface area (Å²) in [5.74, 6) is 0.936. The van der Waals surface area contributed by atoms with Gasteiger partial charge in [0.05, 0.1) is 24.3 Å². The molecule has 2 N–H and O–H groups in total. The molecule has 0 spiro atoms. The van der Waals surface area contributed by atoms with E-state index in [1.807, 2.05) is 6.92 Å². The third-order valence-corrected chi connectivity index (χ3v) is 3.83. The van der Waals surface area contributed by atoms with Crippen LogP contribution >= 0.6 is 15.9 Å². The largest absolute Gasteiger partial charge is 0.496 e. The molecule has 0 heterocycles. The zero-order valence-corrected chi connectivity index (χ0v) is 13.7. The number of ketones is 1. The highest BCUT2D eigenvalue weighted by molar-refractivity contribution is 9.10. The number of halogens is 1. The quantitative estimate of drug-likeness (QED) is 0.676. The van der Waals surface area contributed by atoms with Gasteiger partial charge < -0.3 is 15.2 Å². The second-order valence-electron chi connectivity index (χ2n) is 4.59. The molecule has 21 heavy (non-hydrogen) atoms. The van der Waals surface area contributed by atoms with E-state index < -0.39 is 0 Å². The number of hydrogen-bond donors (Lipinski definition) is 1. The molecular formula is C16H16BrNO3. The Balaban J connectivity index is 2.56. The molecule has 110 valence electrons. The minimum Gasteiger partial charge on any atom is -0.496 e. The van der Waals surface area contributed by atoms with Gasteiger partial charge >= 0.3 is 0 Å². The van der Waals surface area contributed by atoms with Crippen molar-refractivity contribution in [2.45, 2.75) is 6.92 Å². The van der Waals surface area contributed by atoms with Gasteiger partial charge in [0.2, 0.25) is 0 Å². The van der Waals surface area contributed by atoms with Crippen LogP contribution in [0.2, 0.25) is 0 Å². The highest BCUT2D eigenvalue weighted by atomic mass is 79.9. The zero-order chi connectivity index (χ0) is 15.6. The first-order chi connectivity index (χ1) is 9.97. The number of benzene rings is 2. The van der Waals surface area contributed by atoms with E-state index in [-0.39, 0.29) is 5.78 Å². The summed E-state index contributed by atoms with van der Waals surface area (Å²) in [6.07, 6.45) is 0. The molecule has 0 saturated heterocycles. The van der Waals surface area contributed by atoms with Gasteiger partial charge in [0.25, 0.3) is 0 Å². The lowest BCUT2D eigenvalue weighted by Crippen LogP contribution is -2.07. The van der Waals surface area contributed by atoms with E-state index in [0.717, 1.165) is 10.0 Å². The van der Waals surface area contributed by atoms with Crippen LogP contribution in [0, 0.1) is 6.92 Å². The number of hydrogen-bond acceptors (Lipinski definition) is 4. The minimum absolute atomic E-state index is 0.129. The fourth-order valence-electron chi connectivity index (χ4n) is 2.12. The highest BCUT2D eigenvalue weighted by Crippen LogP contribution is 2.34. The Kier molecular flexibility index (Phi) is 4.53. The molecule has 0 bridgehead atoms. The summed E-state index contributed by atoms with van der Waals surface area (Å²) in [4.78, 5) is 12.7. The molecule has 0 atom stereocenters. The molecule has 0 radical (unpaired) electrons. The molecule has 0 aliphatic carbocycles. The lowest BCUT2D eigenvalue weighted by molar-refractivity contribution is 0.103. The van der Waals surface area contributed by atoms with Crippen molar-refractivity contribution in [1.29, 1.82) is 0 Å². The van der Waals surface area contributed by atoms with E-state index in [4.69, 9.17) is 15.2 Å². The predicted molar refractivity (Wildman–Crippen MR) is 86.3 cm³/mol. The minimum atomic E-state index is -0.129. The zero-order valence-electron chi connectivity index (χ0n) is 12.1. The Labute approximate surface area is 132 Å². The maximum Gasteiger partial charge on any atom is 0.197 e. The summed E-state index contributed by atoms with van der Waals surface area (Å²) in [5, 5.41) is 0. The normalized spacial score (nSPS) is 10.3. The first-order valence-corrected chi connectivity index (χ1v) is 7.09. The number of carbonyl (C=O) groups is 1. The van der Waals surface area contributed by atoms with Gasteiger partial charge in [-0.1, -0.05) is 0 Å². The maximum absolute atomic E-state index is 12.7. The average molecular weight is 350 g/mol.